The third-order valence-electron chi connectivity index (χ3n) is 4.23. The predicted molar refractivity (Wildman–Crippen MR) is 83.8 cm³/mol. The zero-order chi connectivity index (χ0) is 15.7. The van der Waals surface area contributed by atoms with E-state index in [1.165, 1.54) is 6.42 Å². The summed E-state index contributed by atoms with van der Waals surface area (Å²) in [6.07, 6.45) is 2.28. The van der Waals surface area contributed by atoms with Gasteiger partial charge < -0.3 is 9.32 Å². The van der Waals surface area contributed by atoms with E-state index in [4.69, 9.17) is 4.42 Å². The Hall–Kier alpha value is -2.04. The summed E-state index contributed by atoms with van der Waals surface area (Å²) in [5.74, 6) is 1.78. The first-order valence-electron chi connectivity index (χ1n) is 7.92. The number of likely N-dealkylation sites (tertiary alicyclic amines) is 1. The molecule has 1 aliphatic rings. The molecule has 0 aliphatic carbocycles. The number of carbonyl (C=O) groups excluding carboxylic acids is 1. The summed E-state index contributed by atoms with van der Waals surface area (Å²) in [7, 11) is 0. The Kier molecular flexibility index (Phi) is 4.05. The zero-order valence-electron chi connectivity index (χ0n) is 13.5. The number of amides is 1. The molecule has 5 heteroatoms. The van der Waals surface area contributed by atoms with Crippen molar-refractivity contribution in [2.24, 2.45) is 5.92 Å². The minimum Gasteiger partial charge on any atom is -0.454 e. The fourth-order valence-corrected chi connectivity index (χ4v) is 3.09. The highest BCUT2D eigenvalue weighted by Gasteiger charge is 2.24. The van der Waals surface area contributed by atoms with E-state index in [9.17, 15) is 4.79 Å². The van der Waals surface area contributed by atoms with Crippen LogP contribution in [-0.2, 0) is 6.54 Å². The largest absolute Gasteiger partial charge is 0.454 e. The molecule has 2 aromatic heterocycles. The number of hydrogen-bond donors (Lipinski definition) is 0. The third-order valence-corrected chi connectivity index (χ3v) is 4.23. The Bertz CT molecular complexity index is 671. The number of rotatable bonds is 3. The van der Waals surface area contributed by atoms with E-state index >= 15 is 0 Å². The number of aryl methyl sites for hydroxylation is 2. The van der Waals surface area contributed by atoms with E-state index in [2.05, 4.69) is 12.0 Å². The standard InChI is InChI=1S/C17H23N3O2/c1-12-5-4-8-19(10-12)17(21)16-7-6-15(22-16)11-20-14(3)9-13(2)18-20/h6-7,9,12H,4-5,8,10-11H2,1-3H3/t12-/m1/s1. The summed E-state index contributed by atoms with van der Waals surface area (Å²) < 4.78 is 7.64. The summed E-state index contributed by atoms with van der Waals surface area (Å²) >= 11 is 0. The SMILES string of the molecule is Cc1cc(C)n(Cc2ccc(C(=O)N3CCC[C@@H](C)C3)o2)n1. The van der Waals surface area contributed by atoms with Gasteiger partial charge in [0.2, 0.25) is 0 Å². The predicted octanol–water partition coefficient (Wildman–Crippen LogP) is 3.01. The van der Waals surface area contributed by atoms with Crippen molar-refractivity contribution in [3.8, 4) is 0 Å². The topological polar surface area (TPSA) is 51.3 Å². The minimum atomic E-state index is 0.00571. The normalized spacial score (nSPS) is 18.7. The highest BCUT2D eigenvalue weighted by Crippen LogP contribution is 2.19. The van der Waals surface area contributed by atoms with E-state index < -0.39 is 0 Å². The summed E-state index contributed by atoms with van der Waals surface area (Å²) in [6.45, 7) is 8.39. The molecule has 0 bridgehead atoms. The van der Waals surface area contributed by atoms with Crippen LogP contribution in [0.2, 0.25) is 0 Å². The number of piperidine rings is 1. The molecule has 5 nitrogen and oxygen atoms in total. The lowest BCUT2D eigenvalue weighted by Crippen LogP contribution is -2.38. The molecule has 2 aromatic rings. The Morgan fingerprint density at radius 1 is 1.41 bits per heavy atom. The second-order valence-corrected chi connectivity index (χ2v) is 6.35. The molecule has 1 atom stereocenters. The van der Waals surface area contributed by atoms with Crippen molar-refractivity contribution in [2.45, 2.75) is 40.2 Å². The van der Waals surface area contributed by atoms with E-state index in [1.807, 2.05) is 35.6 Å². The molecule has 22 heavy (non-hydrogen) atoms. The van der Waals surface area contributed by atoms with E-state index in [0.717, 1.165) is 36.7 Å². The van der Waals surface area contributed by atoms with Crippen molar-refractivity contribution in [3.63, 3.8) is 0 Å². The van der Waals surface area contributed by atoms with E-state index in [1.54, 1.807) is 6.07 Å². The molecular formula is C17H23N3O2. The first kappa shape index (κ1) is 14.9. The van der Waals surface area contributed by atoms with Crippen LogP contribution in [0.4, 0.5) is 0 Å². The van der Waals surface area contributed by atoms with Gasteiger partial charge in [0.05, 0.1) is 12.2 Å². The summed E-state index contributed by atoms with van der Waals surface area (Å²) in [5.41, 5.74) is 2.08. The molecule has 3 rings (SSSR count). The Morgan fingerprint density at radius 3 is 2.91 bits per heavy atom. The molecule has 0 N–H and O–H groups in total. The van der Waals surface area contributed by atoms with Crippen molar-refractivity contribution in [1.82, 2.24) is 14.7 Å². The Labute approximate surface area is 130 Å². The van der Waals surface area contributed by atoms with Crippen LogP contribution >= 0.6 is 0 Å². The van der Waals surface area contributed by atoms with Crippen LogP contribution in [0.25, 0.3) is 0 Å². The maximum absolute atomic E-state index is 12.5. The third kappa shape index (κ3) is 3.08. The van der Waals surface area contributed by atoms with Gasteiger partial charge in [-0.3, -0.25) is 9.48 Å². The van der Waals surface area contributed by atoms with Gasteiger partial charge in [-0.25, -0.2) is 0 Å². The molecule has 0 radical (unpaired) electrons. The highest BCUT2D eigenvalue weighted by atomic mass is 16.4. The monoisotopic (exact) mass is 301 g/mol. The lowest BCUT2D eigenvalue weighted by atomic mass is 10.0. The lowest BCUT2D eigenvalue weighted by Gasteiger charge is -2.30. The number of carbonyl (C=O) groups is 1. The fourth-order valence-electron chi connectivity index (χ4n) is 3.09. The average Bonchev–Trinajstić information content (AvgIpc) is 3.06. The number of nitrogens with zero attached hydrogens (tertiary/aromatic N) is 3. The summed E-state index contributed by atoms with van der Waals surface area (Å²) in [4.78, 5) is 14.4. The molecule has 118 valence electrons. The minimum absolute atomic E-state index is 0.00571. The number of aromatic nitrogens is 2. The van der Waals surface area contributed by atoms with Crippen LogP contribution in [0.15, 0.2) is 22.6 Å². The molecule has 0 unspecified atom stereocenters. The van der Waals surface area contributed by atoms with Crippen molar-refractivity contribution in [2.75, 3.05) is 13.1 Å². The Morgan fingerprint density at radius 2 is 2.23 bits per heavy atom. The molecule has 0 saturated carbocycles. The average molecular weight is 301 g/mol. The van der Waals surface area contributed by atoms with Gasteiger partial charge in [0.25, 0.3) is 5.91 Å². The molecule has 3 heterocycles. The van der Waals surface area contributed by atoms with Crippen LogP contribution in [-0.4, -0.2) is 33.7 Å². The molecule has 0 spiro atoms. The smallest absolute Gasteiger partial charge is 0.289 e. The van der Waals surface area contributed by atoms with Gasteiger partial charge in [-0.05, 0) is 50.8 Å². The van der Waals surface area contributed by atoms with Crippen molar-refractivity contribution in [1.29, 1.82) is 0 Å². The van der Waals surface area contributed by atoms with Gasteiger partial charge in [0.15, 0.2) is 5.76 Å². The van der Waals surface area contributed by atoms with Crippen LogP contribution in [0.3, 0.4) is 0 Å². The number of furan rings is 1. The number of hydrogen-bond acceptors (Lipinski definition) is 3. The van der Waals surface area contributed by atoms with Gasteiger partial charge in [-0.15, -0.1) is 0 Å². The van der Waals surface area contributed by atoms with Crippen molar-refractivity contribution >= 4 is 5.91 Å². The lowest BCUT2D eigenvalue weighted by molar-refractivity contribution is 0.0648. The van der Waals surface area contributed by atoms with Crippen LogP contribution < -0.4 is 0 Å². The van der Waals surface area contributed by atoms with Crippen LogP contribution in [0.1, 0.15) is 47.5 Å². The summed E-state index contributed by atoms with van der Waals surface area (Å²) in [5, 5.41) is 4.42. The second kappa shape index (κ2) is 5.99. The van der Waals surface area contributed by atoms with Gasteiger partial charge in [-0.2, -0.15) is 5.10 Å². The Balaban J connectivity index is 1.70. The van der Waals surface area contributed by atoms with Gasteiger partial charge >= 0.3 is 0 Å². The van der Waals surface area contributed by atoms with Crippen molar-refractivity contribution < 1.29 is 9.21 Å². The molecule has 1 aliphatic heterocycles. The first-order chi connectivity index (χ1) is 10.5. The van der Waals surface area contributed by atoms with E-state index in [0.29, 0.717) is 18.2 Å². The maximum Gasteiger partial charge on any atom is 0.289 e. The van der Waals surface area contributed by atoms with Crippen molar-refractivity contribution in [3.05, 3.63) is 41.1 Å². The summed E-state index contributed by atoms with van der Waals surface area (Å²) in [6, 6.07) is 5.68. The maximum atomic E-state index is 12.5. The highest BCUT2D eigenvalue weighted by molar-refractivity contribution is 5.91. The van der Waals surface area contributed by atoms with Gasteiger partial charge in [0.1, 0.15) is 5.76 Å². The fraction of sp³-hybridized carbons (Fsp3) is 0.529. The van der Waals surface area contributed by atoms with Gasteiger partial charge in [0, 0.05) is 18.8 Å². The van der Waals surface area contributed by atoms with Crippen LogP contribution in [0, 0.1) is 19.8 Å². The molecule has 0 aromatic carbocycles. The molecular weight excluding hydrogens is 278 g/mol. The molecule has 1 saturated heterocycles. The first-order valence-corrected chi connectivity index (χ1v) is 7.92. The van der Waals surface area contributed by atoms with Gasteiger partial charge in [-0.1, -0.05) is 6.92 Å². The zero-order valence-corrected chi connectivity index (χ0v) is 13.5. The second-order valence-electron chi connectivity index (χ2n) is 6.35. The molecule has 1 fully saturated rings. The molecule has 1 amide bonds. The van der Waals surface area contributed by atoms with Crippen LogP contribution in [0.5, 0.6) is 0 Å². The quantitative estimate of drug-likeness (QED) is 0.875. The van der Waals surface area contributed by atoms with E-state index in [-0.39, 0.29) is 5.91 Å².